The van der Waals surface area contributed by atoms with E-state index in [-0.39, 0.29) is 22.5 Å². The van der Waals surface area contributed by atoms with Gasteiger partial charge >= 0.3 is 0 Å². The van der Waals surface area contributed by atoms with Gasteiger partial charge in [-0.1, -0.05) is 0 Å². The first-order valence-corrected chi connectivity index (χ1v) is 9.20. The predicted octanol–water partition coefficient (Wildman–Crippen LogP) is 1.50. The lowest BCUT2D eigenvalue weighted by Gasteiger charge is -2.48. The smallest absolute Gasteiger partial charge is 0.227 e. The number of hydrogen-bond donors (Lipinski definition) is 0. The Morgan fingerprint density at radius 1 is 1.23 bits per heavy atom. The molecule has 0 aliphatic carbocycles. The van der Waals surface area contributed by atoms with Crippen molar-refractivity contribution in [1.29, 1.82) is 0 Å². The number of carbonyl (C=O) groups is 1. The van der Waals surface area contributed by atoms with Crippen LogP contribution in [0.2, 0.25) is 0 Å². The zero-order chi connectivity index (χ0) is 18.6. The van der Waals surface area contributed by atoms with Crippen molar-refractivity contribution in [2.24, 2.45) is 5.41 Å². The summed E-state index contributed by atoms with van der Waals surface area (Å²) in [6.45, 7) is 4.52. The van der Waals surface area contributed by atoms with Crippen LogP contribution in [-0.4, -0.2) is 62.7 Å². The molecule has 2 aliphatic rings. The van der Waals surface area contributed by atoms with E-state index in [1.165, 1.54) is 19.4 Å². The van der Waals surface area contributed by atoms with Crippen molar-refractivity contribution in [3.8, 4) is 5.75 Å². The molecule has 1 aromatic heterocycles. The van der Waals surface area contributed by atoms with E-state index in [1.807, 2.05) is 4.90 Å². The van der Waals surface area contributed by atoms with E-state index in [1.54, 1.807) is 7.11 Å². The molecule has 7 heteroatoms. The van der Waals surface area contributed by atoms with E-state index in [4.69, 9.17) is 13.9 Å². The molecule has 2 saturated heterocycles. The van der Waals surface area contributed by atoms with Gasteiger partial charge in [0.25, 0.3) is 0 Å². The summed E-state index contributed by atoms with van der Waals surface area (Å²) in [5.74, 6) is 1.10. The Labute approximate surface area is 153 Å². The predicted molar refractivity (Wildman–Crippen MR) is 96.2 cm³/mol. The molecule has 1 aromatic rings. The average Bonchev–Trinajstić information content (AvgIpc) is 2.63. The highest BCUT2D eigenvalue weighted by Gasteiger charge is 2.41. The van der Waals surface area contributed by atoms with E-state index in [2.05, 4.69) is 4.90 Å². The van der Waals surface area contributed by atoms with Gasteiger partial charge in [0.1, 0.15) is 12.0 Å². The lowest BCUT2D eigenvalue weighted by Crippen LogP contribution is -2.54. The summed E-state index contributed by atoms with van der Waals surface area (Å²) in [7, 11) is 3.12. The number of methoxy groups -OCH3 is 2. The van der Waals surface area contributed by atoms with Crippen LogP contribution in [0.4, 0.5) is 0 Å². The van der Waals surface area contributed by atoms with Gasteiger partial charge in [0.15, 0.2) is 0 Å². The van der Waals surface area contributed by atoms with Gasteiger partial charge in [0.05, 0.1) is 20.3 Å². The molecule has 0 unspecified atom stereocenters. The zero-order valence-corrected chi connectivity index (χ0v) is 15.7. The number of carbonyl (C=O) groups excluding carboxylic acids is 1. The first kappa shape index (κ1) is 18.9. The number of amides is 1. The number of hydrogen-bond acceptors (Lipinski definition) is 6. The molecule has 1 atom stereocenters. The van der Waals surface area contributed by atoms with Gasteiger partial charge < -0.3 is 18.8 Å². The van der Waals surface area contributed by atoms with Crippen LogP contribution in [0.25, 0.3) is 0 Å². The number of ether oxygens (including phenoxy) is 2. The molecule has 0 bridgehead atoms. The van der Waals surface area contributed by atoms with Crippen molar-refractivity contribution < 1.29 is 18.7 Å². The molecule has 2 fully saturated rings. The van der Waals surface area contributed by atoms with Crippen LogP contribution in [0.15, 0.2) is 21.5 Å². The van der Waals surface area contributed by atoms with Crippen molar-refractivity contribution in [3.05, 3.63) is 28.3 Å². The molecule has 0 saturated carbocycles. The van der Waals surface area contributed by atoms with Gasteiger partial charge in [-0.3, -0.25) is 14.5 Å². The number of rotatable bonds is 6. The van der Waals surface area contributed by atoms with Crippen molar-refractivity contribution in [2.45, 2.75) is 32.2 Å². The maximum atomic E-state index is 12.2. The molecule has 7 nitrogen and oxygen atoms in total. The second kappa shape index (κ2) is 8.22. The average molecular weight is 364 g/mol. The summed E-state index contributed by atoms with van der Waals surface area (Å²) >= 11 is 0. The van der Waals surface area contributed by atoms with Crippen LogP contribution in [0.1, 0.15) is 31.4 Å². The maximum Gasteiger partial charge on any atom is 0.227 e. The molecule has 26 heavy (non-hydrogen) atoms. The van der Waals surface area contributed by atoms with Gasteiger partial charge in [-0.05, 0) is 25.8 Å². The number of piperidine rings is 2. The topological polar surface area (TPSA) is 72.2 Å². The molecular weight excluding hydrogens is 336 g/mol. The van der Waals surface area contributed by atoms with Gasteiger partial charge in [-0.15, -0.1) is 0 Å². The third-order valence-electron chi connectivity index (χ3n) is 5.51. The van der Waals surface area contributed by atoms with E-state index in [0.29, 0.717) is 31.9 Å². The van der Waals surface area contributed by atoms with Crippen molar-refractivity contribution in [2.75, 3.05) is 47.0 Å². The highest BCUT2D eigenvalue weighted by atomic mass is 16.5. The van der Waals surface area contributed by atoms with Gasteiger partial charge in [-0.25, -0.2) is 0 Å². The van der Waals surface area contributed by atoms with Crippen molar-refractivity contribution >= 4 is 5.91 Å². The minimum atomic E-state index is -0.158. The first-order valence-electron chi connectivity index (χ1n) is 9.20. The first-order chi connectivity index (χ1) is 12.5. The van der Waals surface area contributed by atoms with E-state index in [0.717, 1.165) is 38.9 Å². The van der Waals surface area contributed by atoms with Gasteiger partial charge in [-0.2, -0.15) is 0 Å². The minimum absolute atomic E-state index is 0.132. The molecule has 1 amide bonds. The summed E-state index contributed by atoms with van der Waals surface area (Å²) in [4.78, 5) is 28.4. The zero-order valence-electron chi connectivity index (χ0n) is 15.7. The quantitative estimate of drug-likeness (QED) is 0.762. The summed E-state index contributed by atoms with van der Waals surface area (Å²) in [6.07, 6.45) is 5.14. The fourth-order valence-electron chi connectivity index (χ4n) is 4.18. The Hall–Kier alpha value is -1.86. The number of likely N-dealkylation sites (tertiary alicyclic amines) is 2. The fourth-order valence-corrected chi connectivity index (χ4v) is 4.18. The van der Waals surface area contributed by atoms with Crippen LogP contribution in [-0.2, 0) is 16.1 Å². The summed E-state index contributed by atoms with van der Waals surface area (Å²) in [5, 5.41) is 0. The van der Waals surface area contributed by atoms with Crippen LogP contribution < -0.4 is 10.2 Å². The van der Waals surface area contributed by atoms with Crippen LogP contribution in [0.5, 0.6) is 5.75 Å². The Morgan fingerprint density at radius 2 is 2.08 bits per heavy atom. The lowest BCUT2D eigenvalue weighted by molar-refractivity contribution is -0.140. The Bertz CT molecular complexity index is 689. The molecule has 1 spiro atoms. The van der Waals surface area contributed by atoms with Crippen LogP contribution in [0, 0.1) is 5.41 Å². The molecule has 144 valence electrons. The maximum absolute atomic E-state index is 12.2. The molecule has 3 heterocycles. The third-order valence-corrected chi connectivity index (χ3v) is 5.51. The third kappa shape index (κ3) is 4.27. The summed E-state index contributed by atoms with van der Waals surface area (Å²) < 4.78 is 15.7. The largest absolute Gasteiger partial charge is 0.490 e. The lowest BCUT2D eigenvalue weighted by atomic mass is 9.73. The summed E-state index contributed by atoms with van der Waals surface area (Å²) in [5.41, 5.74) is -0.0263. The van der Waals surface area contributed by atoms with Crippen LogP contribution >= 0.6 is 0 Å². The highest BCUT2D eigenvalue weighted by Crippen LogP contribution is 2.39. The highest BCUT2D eigenvalue weighted by molar-refractivity contribution is 5.77. The normalized spacial score (nSPS) is 24.2. The molecule has 0 N–H and O–H groups in total. The van der Waals surface area contributed by atoms with Crippen LogP contribution in [0.3, 0.4) is 0 Å². The van der Waals surface area contributed by atoms with Gasteiger partial charge in [0, 0.05) is 44.6 Å². The summed E-state index contributed by atoms with van der Waals surface area (Å²) in [6, 6.07) is 1.51. The van der Waals surface area contributed by atoms with E-state index in [9.17, 15) is 9.59 Å². The second-order valence-electron chi connectivity index (χ2n) is 7.40. The Kier molecular flexibility index (Phi) is 5.98. The Balaban J connectivity index is 1.65. The number of nitrogens with zero attached hydrogens (tertiary/aromatic N) is 2. The monoisotopic (exact) mass is 364 g/mol. The molecular formula is C19H28N2O5. The van der Waals surface area contributed by atoms with Crippen molar-refractivity contribution in [3.63, 3.8) is 0 Å². The minimum Gasteiger partial charge on any atom is -0.490 e. The SMILES string of the molecule is COCCN1C[C@@]2(CCCN(Cc3cc(=O)c(OC)co3)C2)CCC1=O. The Morgan fingerprint density at radius 3 is 2.81 bits per heavy atom. The molecule has 3 rings (SSSR count). The fraction of sp³-hybridized carbons (Fsp3) is 0.684. The molecule has 0 radical (unpaired) electrons. The van der Waals surface area contributed by atoms with E-state index < -0.39 is 0 Å². The van der Waals surface area contributed by atoms with E-state index >= 15 is 0 Å². The van der Waals surface area contributed by atoms with Crippen molar-refractivity contribution in [1.82, 2.24) is 9.80 Å². The van der Waals surface area contributed by atoms with Gasteiger partial charge in [0.2, 0.25) is 17.1 Å². The molecule has 2 aliphatic heterocycles. The molecule has 0 aromatic carbocycles. The standard InChI is InChI=1S/C19H28N2O5/c1-24-9-8-21-14-19(6-4-18(21)23)5-3-7-20(13-19)11-15-10-16(22)17(25-2)12-26-15/h10,12H,3-9,11,13-14H2,1-2H3/t19-/m0/s1. The second-order valence-corrected chi connectivity index (χ2v) is 7.40.